The second-order valence-electron chi connectivity index (χ2n) is 4.95. The number of benzene rings is 1. The van der Waals surface area contributed by atoms with Gasteiger partial charge in [-0.1, -0.05) is 12.1 Å². The first-order valence-corrected chi connectivity index (χ1v) is 7.65. The van der Waals surface area contributed by atoms with Crippen LogP contribution in [0.2, 0.25) is 0 Å². The molecule has 2 aromatic rings. The van der Waals surface area contributed by atoms with E-state index in [1.165, 1.54) is 6.20 Å². The third-order valence-electron chi connectivity index (χ3n) is 2.98. The number of rotatable bonds is 4. The van der Waals surface area contributed by atoms with Gasteiger partial charge >= 0.3 is 0 Å². The maximum Gasteiger partial charge on any atom is 0.276 e. The van der Waals surface area contributed by atoms with E-state index in [-0.39, 0.29) is 6.61 Å². The summed E-state index contributed by atoms with van der Waals surface area (Å²) in [5.74, 6) is -0.274. The smallest absolute Gasteiger partial charge is 0.276 e. The number of carbonyl (C=O) groups excluding carboxylic acids is 2. The molecule has 2 rings (SSSR count). The van der Waals surface area contributed by atoms with Gasteiger partial charge in [0, 0.05) is 16.9 Å². The van der Waals surface area contributed by atoms with Crippen LogP contribution >= 0.6 is 15.9 Å². The molecule has 2 amide bonds. The zero-order chi connectivity index (χ0) is 16.8. The monoisotopic (exact) mass is 377 g/mol. The molecule has 1 aromatic carbocycles. The van der Waals surface area contributed by atoms with E-state index in [0.717, 1.165) is 11.1 Å². The number of ether oxygens (including phenoxy) is 1. The Hall–Kier alpha value is -2.41. The molecule has 1 heterocycles. The van der Waals surface area contributed by atoms with E-state index in [9.17, 15) is 9.59 Å². The fourth-order valence-electron chi connectivity index (χ4n) is 1.78. The van der Waals surface area contributed by atoms with Gasteiger partial charge in [-0.05, 0) is 53.0 Å². The van der Waals surface area contributed by atoms with Crippen molar-refractivity contribution in [1.82, 2.24) is 15.8 Å². The van der Waals surface area contributed by atoms with Gasteiger partial charge in [-0.25, -0.2) is 0 Å². The van der Waals surface area contributed by atoms with Crippen LogP contribution in [0.25, 0.3) is 0 Å². The summed E-state index contributed by atoms with van der Waals surface area (Å²) in [6.45, 7) is 3.65. The van der Waals surface area contributed by atoms with Crippen molar-refractivity contribution in [2.24, 2.45) is 0 Å². The summed E-state index contributed by atoms with van der Waals surface area (Å²) in [6.07, 6.45) is 2.96. The molecule has 1 aromatic heterocycles. The largest absolute Gasteiger partial charge is 0.483 e. The Kier molecular flexibility index (Phi) is 5.70. The van der Waals surface area contributed by atoms with Crippen molar-refractivity contribution in [3.05, 3.63) is 57.8 Å². The average Bonchev–Trinajstić information content (AvgIpc) is 2.53. The Morgan fingerprint density at radius 3 is 2.70 bits per heavy atom. The Labute approximate surface area is 142 Å². The van der Waals surface area contributed by atoms with Crippen LogP contribution in [0.4, 0.5) is 0 Å². The van der Waals surface area contributed by atoms with E-state index in [4.69, 9.17) is 4.74 Å². The quantitative estimate of drug-likeness (QED) is 0.801. The topological polar surface area (TPSA) is 80.3 Å². The standard InChI is InChI=1S/C16H16BrN3O3/c1-10-3-4-11(2)14(5-10)23-9-15(21)19-20-16(22)12-6-13(17)8-18-7-12/h3-8H,9H2,1-2H3,(H,19,21)(H,20,22). The van der Waals surface area contributed by atoms with Crippen molar-refractivity contribution in [2.75, 3.05) is 6.61 Å². The zero-order valence-electron chi connectivity index (χ0n) is 12.7. The van der Waals surface area contributed by atoms with Crippen LogP contribution in [-0.4, -0.2) is 23.4 Å². The molecule has 0 aliphatic heterocycles. The highest BCUT2D eigenvalue weighted by molar-refractivity contribution is 9.10. The number of halogens is 1. The van der Waals surface area contributed by atoms with E-state index in [2.05, 4.69) is 31.8 Å². The van der Waals surface area contributed by atoms with Crippen molar-refractivity contribution < 1.29 is 14.3 Å². The second-order valence-corrected chi connectivity index (χ2v) is 5.87. The average molecular weight is 378 g/mol. The molecule has 0 fully saturated rings. The first kappa shape index (κ1) is 17.0. The number of carbonyl (C=O) groups is 2. The number of aryl methyl sites for hydroxylation is 2. The summed E-state index contributed by atoms with van der Waals surface area (Å²) in [5, 5.41) is 0. The first-order valence-electron chi connectivity index (χ1n) is 6.85. The van der Waals surface area contributed by atoms with Gasteiger partial charge in [0.1, 0.15) is 5.75 Å². The van der Waals surface area contributed by atoms with Crippen LogP contribution in [0.3, 0.4) is 0 Å². The van der Waals surface area contributed by atoms with Gasteiger partial charge < -0.3 is 4.74 Å². The van der Waals surface area contributed by atoms with Crippen molar-refractivity contribution in [2.45, 2.75) is 13.8 Å². The van der Waals surface area contributed by atoms with E-state index in [1.807, 2.05) is 32.0 Å². The van der Waals surface area contributed by atoms with Gasteiger partial charge in [0.25, 0.3) is 11.8 Å². The molecule has 23 heavy (non-hydrogen) atoms. The van der Waals surface area contributed by atoms with Gasteiger partial charge in [-0.15, -0.1) is 0 Å². The zero-order valence-corrected chi connectivity index (χ0v) is 14.3. The maximum absolute atomic E-state index is 11.8. The van der Waals surface area contributed by atoms with Crippen molar-refractivity contribution >= 4 is 27.7 Å². The van der Waals surface area contributed by atoms with Crippen molar-refractivity contribution in [1.29, 1.82) is 0 Å². The number of nitrogens with one attached hydrogen (secondary N) is 2. The minimum Gasteiger partial charge on any atom is -0.483 e. The lowest BCUT2D eigenvalue weighted by Gasteiger charge is -2.11. The molecule has 0 bridgehead atoms. The number of aromatic nitrogens is 1. The lowest BCUT2D eigenvalue weighted by atomic mass is 10.1. The van der Waals surface area contributed by atoms with Crippen molar-refractivity contribution in [3.8, 4) is 5.75 Å². The summed E-state index contributed by atoms with van der Waals surface area (Å²) in [4.78, 5) is 27.5. The van der Waals surface area contributed by atoms with Gasteiger partial charge in [0.15, 0.2) is 6.61 Å². The number of hydrazine groups is 1. The molecule has 0 atom stereocenters. The highest BCUT2D eigenvalue weighted by Gasteiger charge is 2.09. The molecule has 0 saturated carbocycles. The molecule has 0 unspecified atom stereocenters. The fraction of sp³-hybridized carbons (Fsp3) is 0.188. The lowest BCUT2D eigenvalue weighted by Crippen LogP contribution is -2.43. The minimum atomic E-state index is -0.459. The first-order chi connectivity index (χ1) is 11.0. The van der Waals surface area contributed by atoms with Crippen LogP contribution in [-0.2, 0) is 4.79 Å². The molecule has 2 N–H and O–H groups in total. The third kappa shape index (κ3) is 5.07. The number of hydrogen-bond acceptors (Lipinski definition) is 4. The van der Waals surface area contributed by atoms with E-state index >= 15 is 0 Å². The molecular weight excluding hydrogens is 362 g/mol. The predicted molar refractivity (Wildman–Crippen MR) is 89.0 cm³/mol. The van der Waals surface area contributed by atoms with Gasteiger partial charge in [0.05, 0.1) is 5.56 Å². The Morgan fingerprint density at radius 2 is 1.96 bits per heavy atom. The van der Waals surface area contributed by atoms with E-state index in [1.54, 1.807) is 12.3 Å². The van der Waals surface area contributed by atoms with Crippen LogP contribution in [0, 0.1) is 13.8 Å². The fourth-order valence-corrected chi connectivity index (χ4v) is 2.14. The van der Waals surface area contributed by atoms with Crippen molar-refractivity contribution in [3.63, 3.8) is 0 Å². The summed E-state index contributed by atoms with van der Waals surface area (Å²) >= 11 is 3.22. The number of hydrogen-bond donors (Lipinski definition) is 2. The Balaban J connectivity index is 1.83. The third-order valence-corrected chi connectivity index (χ3v) is 3.42. The van der Waals surface area contributed by atoms with E-state index in [0.29, 0.717) is 15.8 Å². The van der Waals surface area contributed by atoms with Crippen LogP contribution in [0.5, 0.6) is 5.75 Å². The highest BCUT2D eigenvalue weighted by Crippen LogP contribution is 2.18. The van der Waals surface area contributed by atoms with Gasteiger partial charge in [-0.3, -0.25) is 25.4 Å². The SMILES string of the molecule is Cc1ccc(C)c(OCC(=O)NNC(=O)c2cncc(Br)c2)c1. The molecule has 0 radical (unpaired) electrons. The Bertz CT molecular complexity index is 734. The summed E-state index contributed by atoms with van der Waals surface area (Å²) < 4.78 is 6.13. The lowest BCUT2D eigenvalue weighted by molar-refractivity contribution is -0.123. The molecule has 120 valence electrons. The molecule has 0 spiro atoms. The predicted octanol–water partition coefficient (Wildman–Crippen LogP) is 2.30. The number of pyridine rings is 1. The molecular formula is C16H16BrN3O3. The molecule has 0 aliphatic carbocycles. The van der Waals surface area contributed by atoms with Crippen LogP contribution < -0.4 is 15.6 Å². The summed E-state index contributed by atoms with van der Waals surface area (Å²) in [7, 11) is 0. The summed E-state index contributed by atoms with van der Waals surface area (Å²) in [5.41, 5.74) is 6.92. The Morgan fingerprint density at radius 1 is 1.17 bits per heavy atom. The summed E-state index contributed by atoms with van der Waals surface area (Å²) in [6, 6.07) is 7.34. The van der Waals surface area contributed by atoms with Crippen LogP contribution in [0.15, 0.2) is 41.1 Å². The number of nitrogens with zero attached hydrogens (tertiary/aromatic N) is 1. The molecule has 7 heteroatoms. The van der Waals surface area contributed by atoms with Gasteiger partial charge in [-0.2, -0.15) is 0 Å². The second kappa shape index (κ2) is 7.73. The molecule has 0 aliphatic rings. The molecule has 0 saturated heterocycles. The number of amides is 2. The normalized spacial score (nSPS) is 10.0. The van der Waals surface area contributed by atoms with Gasteiger partial charge in [0.2, 0.25) is 0 Å². The van der Waals surface area contributed by atoms with E-state index < -0.39 is 11.8 Å². The highest BCUT2D eigenvalue weighted by atomic mass is 79.9. The van der Waals surface area contributed by atoms with Crippen LogP contribution in [0.1, 0.15) is 21.5 Å². The maximum atomic E-state index is 11.8. The molecule has 6 nitrogen and oxygen atoms in total. The minimum absolute atomic E-state index is 0.193.